The van der Waals surface area contributed by atoms with Gasteiger partial charge in [-0.3, -0.25) is 4.90 Å². The fourth-order valence-electron chi connectivity index (χ4n) is 2.71. The van der Waals surface area contributed by atoms with Gasteiger partial charge in [0.2, 0.25) is 0 Å². The number of nitrogens with two attached hydrogens (primary N) is 1. The Kier molecular flexibility index (Phi) is 8.45. The lowest BCUT2D eigenvalue weighted by atomic mass is 10.1. The van der Waals surface area contributed by atoms with Crippen molar-refractivity contribution in [3.63, 3.8) is 0 Å². The van der Waals surface area contributed by atoms with Crippen molar-refractivity contribution in [2.24, 2.45) is 5.73 Å². The van der Waals surface area contributed by atoms with Crippen LogP contribution < -0.4 is 21.7 Å². The van der Waals surface area contributed by atoms with Gasteiger partial charge in [-0.15, -0.1) is 0 Å². The predicted molar refractivity (Wildman–Crippen MR) is 92.8 cm³/mol. The number of hydrogen-bond acceptors (Lipinski definition) is 5. The third-order valence-electron chi connectivity index (χ3n) is 4.02. The summed E-state index contributed by atoms with van der Waals surface area (Å²) in [4.78, 5) is 2.52. The minimum absolute atomic E-state index is 0.769. The van der Waals surface area contributed by atoms with E-state index in [1.54, 1.807) is 0 Å². The van der Waals surface area contributed by atoms with Gasteiger partial charge in [0.25, 0.3) is 0 Å². The summed E-state index contributed by atoms with van der Waals surface area (Å²) in [6.45, 7) is 10.1. The van der Waals surface area contributed by atoms with Crippen molar-refractivity contribution in [3.8, 4) is 0 Å². The van der Waals surface area contributed by atoms with Gasteiger partial charge in [0.15, 0.2) is 0 Å². The van der Waals surface area contributed by atoms with Gasteiger partial charge in [0.05, 0.1) is 0 Å². The smallest absolute Gasteiger partial charge is 0.0206 e. The van der Waals surface area contributed by atoms with Crippen LogP contribution in [0.2, 0.25) is 0 Å². The summed E-state index contributed by atoms with van der Waals surface area (Å²) in [5, 5.41) is 10.6. The molecule has 1 aromatic rings. The maximum absolute atomic E-state index is 5.51. The monoisotopic (exact) mass is 305 g/mol. The Balaban J connectivity index is 1.74. The summed E-state index contributed by atoms with van der Waals surface area (Å²) in [5.41, 5.74) is 8.25. The van der Waals surface area contributed by atoms with Crippen molar-refractivity contribution in [2.75, 3.05) is 52.4 Å². The maximum Gasteiger partial charge on any atom is 0.0206 e. The number of hydrogen-bond donors (Lipinski definition) is 4. The fraction of sp³-hybridized carbons (Fsp3) is 0.647. The molecule has 0 fully saturated rings. The van der Waals surface area contributed by atoms with Gasteiger partial charge >= 0.3 is 0 Å². The molecule has 0 aromatic heterocycles. The zero-order chi connectivity index (χ0) is 15.5. The first kappa shape index (κ1) is 17.4. The lowest BCUT2D eigenvalue weighted by molar-refractivity contribution is 0.271. The molecule has 0 spiro atoms. The zero-order valence-electron chi connectivity index (χ0n) is 13.6. The van der Waals surface area contributed by atoms with E-state index in [0.717, 1.165) is 71.9 Å². The van der Waals surface area contributed by atoms with Crippen LogP contribution in [0.4, 0.5) is 0 Å². The molecule has 22 heavy (non-hydrogen) atoms. The highest BCUT2D eigenvalue weighted by molar-refractivity contribution is 5.23. The van der Waals surface area contributed by atoms with E-state index in [0.29, 0.717) is 0 Å². The van der Waals surface area contributed by atoms with E-state index in [4.69, 9.17) is 5.73 Å². The molecular weight excluding hydrogens is 274 g/mol. The molecule has 1 heterocycles. The molecule has 1 aromatic carbocycles. The molecule has 5 nitrogen and oxygen atoms in total. The first-order chi connectivity index (χ1) is 10.9. The van der Waals surface area contributed by atoms with Gasteiger partial charge in [-0.25, -0.2) is 0 Å². The fourth-order valence-corrected chi connectivity index (χ4v) is 2.71. The molecule has 1 aliphatic heterocycles. The molecule has 0 amide bonds. The van der Waals surface area contributed by atoms with E-state index < -0.39 is 0 Å². The van der Waals surface area contributed by atoms with E-state index in [1.807, 2.05) is 0 Å². The minimum atomic E-state index is 0.769. The van der Waals surface area contributed by atoms with Crippen molar-refractivity contribution < 1.29 is 0 Å². The van der Waals surface area contributed by atoms with Crippen LogP contribution in [0.3, 0.4) is 0 Å². The van der Waals surface area contributed by atoms with Gasteiger partial charge in [-0.2, -0.15) is 0 Å². The average Bonchev–Trinajstić information content (AvgIpc) is 2.54. The minimum Gasteiger partial charge on any atom is -0.330 e. The Bertz CT molecular complexity index is 383. The molecule has 0 saturated carbocycles. The molecule has 0 unspecified atom stereocenters. The maximum atomic E-state index is 5.51. The largest absolute Gasteiger partial charge is 0.330 e. The molecule has 2 bridgehead atoms. The topological polar surface area (TPSA) is 65.3 Å². The van der Waals surface area contributed by atoms with Crippen molar-refractivity contribution >= 4 is 0 Å². The van der Waals surface area contributed by atoms with Gasteiger partial charge in [0.1, 0.15) is 0 Å². The molecule has 0 saturated heterocycles. The summed E-state index contributed by atoms with van der Waals surface area (Å²) >= 11 is 0. The molecule has 0 atom stereocenters. The van der Waals surface area contributed by atoms with Crippen molar-refractivity contribution in [1.82, 2.24) is 20.9 Å². The molecular formula is C17H31N5. The lowest BCUT2D eigenvalue weighted by Crippen LogP contribution is -2.40. The summed E-state index contributed by atoms with van der Waals surface area (Å²) in [5.74, 6) is 0. The summed E-state index contributed by atoms with van der Waals surface area (Å²) in [6.07, 6.45) is 1.06. The van der Waals surface area contributed by atoms with Crippen molar-refractivity contribution in [3.05, 3.63) is 35.4 Å². The number of benzene rings is 1. The molecule has 0 aliphatic carbocycles. The highest BCUT2D eigenvalue weighted by Gasteiger charge is 2.06. The highest BCUT2D eigenvalue weighted by atomic mass is 15.2. The second-order valence-corrected chi connectivity index (χ2v) is 5.91. The van der Waals surface area contributed by atoms with Crippen LogP contribution in [-0.2, 0) is 13.1 Å². The number of nitrogens with one attached hydrogen (secondary N) is 3. The van der Waals surface area contributed by atoms with Gasteiger partial charge in [0, 0.05) is 52.4 Å². The molecule has 5 N–H and O–H groups in total. The Labute approximate surface area is 134 Å². The van der Waals surface area contributed by atoms with Crippen LogP contribution in [0.1, 0.15) is 17.5 Å². The third kappa shape index (κ3) is 6.85. The van der Waals surface area contributed by atoms with Crippen molar-refractivity contribution in [2.45, 2.75) is 19.5 Å². The number of nitrogens with zero attached hydrogens (tertiary/aromatic N) is 1. The Morgan fingerprint density at radius 3 is 2.36 bits per heavy atom. The van der Waals surface area contributed by atoms with Gasteiger partial charge < -0.3 is 21.7 Å². The molecule has 2 rings (SSSR count). The first-order valence-electron chi connectivity index (χ1n) is 8.51. The predicted octanol–water partition coefficient (Wildman–Crippen LogP) is 0.120. The summed E-state index contributed by atoms with van der Waals surface area (Å²) in [7, 11) is 0. The summed E-state index contributed by atoms with van der Waals surface area (Å²) in [6, 6.07) is 8.84. The van der Waals surface area contributed by atoms with Crippen LogP contribution >= 0.6 is 0 Å². The Morgan fingerprint density at radius 1 is 1.05 bits per heavy atom. The van der Waals surface area contributed by atoms with Crippen LogP contribution in [0.15, 0.2) is 24.3 Å². The number of rotatable bonds is 6. The van der Waals surface area contributed by atoms with E-state index in [2.05, 4.69) is 45.1 Å². The van der Waals surface area contributed by atoms with Crippen LogP contribution in [-0.4, -0.2) is 57.3 Å². The average molecular weight is 305 g/mol. The Hall–Kier alpha value is -0.980. The highest BCUT2D eigenvalue weighted by Crippen LogP contribution is 2.05. The second kappa shape index (κ2) is 10.7. The van der Waals surface area contributed by atoms with E-state index in [-0.39, 0.29) is 0 Å². The zero-order valence-corrected chi connectivity index (χ0v) is 13.6. The standard InChI is InChI=1S/C17H31N5/c18-5-2-6-19-7-10-22-11-8-20-14-16-3-1-4-17(13-16)15-21-9-12-22/h1,3-4,13,19-21H,2,5-12,14-15,18H2. The SMILES string of the molecule is NCCCNCCN1CCNCc2cccc(c2)CNCC1. The van der Waals surface area contributed by atoms with E-state index in [9.17, 15) is 0 Å². The van der Waals surface area contributed by atoms with Crippen LogP contribution in [0, 0.1) is 0 Å². The van der Waals surface area contributed by atoms with Crippen molar-refractivity contribution in [1.29, 1.82) is 0 Å². The van der Waals surface area contributed by atoms with E-state index >= 15 is 0 Å². The normalized spacial score (nSPS) is 17.7. The molecule has 5 heteroatoms. The Morgan fingerprint density at radius 2 is 1.73 bits per heavy atom. The quantitative estimate of drug-likeness (QED) is 0.562. The first-order valence-corrected chi connectivity index (χ1v) is 8.51. The summed E-state index contributed by atoms with van der Waals surface area (Å²) < 4.78 is 0. The van der Waals surface area contributed by atoms with Gasteiger partial charge in [-0.05, 0) is 30.6 Å². The molecule has 0 radical (unpaired) electrons. The van der Waals surface area contributed by atoms with Crippen LogP contribution in [0.5, 0.6) is 0 Å². The van der Waals surface area contributed by atoms with Crippen LogP contribution in [0.25, 0.3) is 0 Å². The number of fused-ring (bicyclic) bond motifs is 2. The van der Waals surface area contributed by atoms with Gasteiger partial charge in [-0.1, -0.05) is 24.3 Å². The third-order valence-corrected chi connectivity index (χ3v) is 4.02. The lowest BCUT2D eigenvalue weighted by Gasteiger charge is -2.23. The second-order valence-electron chi connectivity index (χ2n) is 5.91. The van der Waals surface area contributed by atoms with E-state index in [1.165, 1.54) is 11.1 Å². The molecule has 124 valence electrons. The molecule has 1 aliphatic rings.